The minimum atomic E-state index is -0.414. The zero-order chi connectivity index (χ0) is 13.7. The molecule has 1 atom stereocenters. The van der Waals surface area contributed by atoms with Crippen LogP contribution < -0.4 is 5.73 Å². The van der Waals surface area contributed by atoms with Gasteiger partial charge in [-0.3, -0.25) is 0 Å². The number of esters is 1. The number of thiazole rings is 1. The number of ether oxygens (including phenoxy) is 2. The number of nitrogens with two attached hydrogens (primary N) is 1. The van der Waals surface area contributed by atoms with Crippen molar-refractivity contribution < 1.29 is 14.3 Å². The number of hydrogen-bond acceptors (Lipinski definition) is 6. The molecule has 2 N–H and O–H groups in total. The van der Waals surface area contributed by atoms with E-state index in [-0.39, 0.29) is 12.0 Å². The number of hydrogen-bond donors (Lipinski definition) is 1. The molecule has 0 aliphatic rings. The number of methoxy groups -OCH3 is 1. The molecule has 0 radical (unpaired) electrons. The Hall–Kier alpha value is -0.980. The molecule has 0 aromatic carbocycles. The molecule has 0 unspecified atom stereocenters. The van der Waals surface area contributed by atoms with E-state index in [1.165, 1.54) is 11.3 Å². The van der Waals surface area contributed by atoms with Crippen LogP contribution in [-0.4, -0.2) is 24.7 Å². The van der Waals surface area contributed by atoms with Crippen molar-refractivity contribution in [2.75, 3.05) is 13.7 Å². The Morgan fingerprint density at radius 3 is 2.67 bits per heavy atom. The Labute approximate surface area is 111 Å². The first-order valence-corrected chi connectivity index (χ1v) is 6.74. The molecule has 1 heterocycles. The van der Waals surface area contributed by atoms with Gasteiger partial charge in [0, 0.05) is 7.11 Å². The molecule has 5 nitrogen and oxygen atoms in total. The third-order valence-electron chi connectivity index (χ3n) is 2.46. The number of rotatable bonds is 6. The summed E-state index contributed by atoms with van der Waals surface area (Å²) in [6, 6.07) is -0.172. The van der Waals surface area contributed by atoms with Crippen molar-refractivity contribution in [1.29, 1.82) is 0 Å². The maximum absolute atomic E-state index is 11.8. The smallest absolute Gasteiger partial charge is 0.358 e. The SMILES string of the molecule is CCOC(=O)c1nc([C@@H](N)C(C)C)sc1COC. The molecule has 0 saturated heterocycles. The second-order valence-corrected chi connectivity index (χ2v) is 5.36. The second-order valence-electron chi connectivity index (χ2n) is 4.25. The van der Waals surface area contributed by atoms with E-state index in [4.69, 9.17) is 15.2 Å². The molecule has 0 bridgehead atoms. The molecule has 102 valence electrons. The van der Waals surface area contributed by atoms with E-state index in [1.54, 1.807) is 14.0 Å². The van der Waals surface area contributed by atoms with Crippen LogP contribution in [0.15, 0.2) is 0 Å². The van der Waals surface area contributed by atoms with Crippen molar-refractivity contribution >= 4 is 17.3 Å². The standard InChI is InChI=1S/C12H20N2O3S/c1-5-17-12(15)10-8(6-16-4)18-11(14-10)9(13)7(2)3/h7,9H,5-6,13H2,1-4H3/t9-/m0/s1. The molecule has 6 heteroatoms. The van der Waals surface area contributed by atoms with Crippen molar-refractivity contribution in [3.63, 3.8) is 0 Å². The quantitative estimate of drug-likeness (QED) is 0.803. The molecule has 0 spiro atoms. The van der Waals surface area contributed by atoms with Gasteiger partial charge in [0.15, 0.2) is 5.69 Å². The summed E-state index contributed by atoms with van der Waals surface area (Å²) in [5, 5.41) is 0.750. The van der Waals surface area contributed by atoms with E-state index in [0.717, 1.165) is 9.88 Å². The fourth-order valence-corrected chi connectivity index (χ4v) is 2.59. The highest BCUT2D eigenvalue weighted by molar-refractivity contribution is 7.12. The third kappa shape index (κ3) is 3.51. The molecule has 18 heavy (non-hydrogen) atoms. The van der Waals surface area contributed by atoms with Gasteiger partial charge in [0.25, 0.3) is 0 Å². The first-order valence-electron chi connectivity index (χ1n) is 5.92. The summed E-state index contributed by atoms with van der Waals surface area (Å²) in [6.45, 7) is 6.48. The topological polar surface area (TPSA) is 74.4 Å². The maximum Gasteiger partial charge on any atom is 0.358 e. The molecule has 1 rings (SSSR count). The van der Waals surface area contributed by atoms with Crippen LogP contribution in [0.3, 0.4) is 0 Å². The first kappa shape index (κ1) is 15.1. The fraction of sp³-hybridized carbons (Fsp3) is 0.667. The van der Waals surface area contributed by atoms with Crippen molar-refractivity contribution in [2.45, 2.75) is 33.4 Å². The highest BCUT2D eigenvalue weighted by Crippen LogP contribution is 2.27. The third-order valence-corrected chi connectivity index (χ3v) is 3.59. The van der Waals surface area contributed by atoms with Crippen molar-refractivity contribution in [1.82, 2.24) is 4.98 Å². The largest absolute Gasteiger partial charge is 0.461 e. The fourth-order valence-electron chi connectivity index (χ4n) is 1.39. The van der Waals surface area contributed by atoms with Gasteiger partial charge in [-0.05, 0) is 12.8 Å². The lowest BCUT2D eigenvalue weighted by atomic mass is 10.1. The Morgan fingerprint density at radius 1 is 1.50 bits per heavy atom. The van der Waals surface area contributed by atoms with Crippen LogP contribution in [0, 0.1) is 5.92 Å². The molecular weight excluding hydrogens is 252 g/mol. The summed E-state index contributed by atoms with van der Waals surface area (Å²) in [6.07, 6.45) is 0. The van der Waals surface area contributed by atoms with Crippen LogP contribution in [0.5, 0.6) is 0 Å². The predicted octanol–water partition coefficient (Wildman–Crippen LogP) is 2.12. The normalized spacial score (nSPS) is 12.8. The van der Waals surface area contributed by atoms with Crippen LogP contribution in [0.25, 0.3) is 0 Å². The average molecular weight is 272 g/mol. The lowest BCUT2D eigenvalue weighted by molar-refractivity contribution is 0.0515. The van der Waals surface area contributed by atoms with Crippen LogP contribution in [-0.2, 0) is 16.1 Å². The summed E-state index contributed by atoms with van der Waals surface area (Å²) in [4.78, 5) is 16.8. The van der Waals surface area contributed by atoms with Crippen LogP contribution in [0.2, 0.25) is 0 Å². The maximum atomic E-state index is 11.8. The number of nitrogens with zero attached hydrogens (tertiary/aromatic N) is 1. The lowest BCUT2D eigenvalue weighted by Gasteiger charge is -2.11. The van der Waals surface area contributed by atoms with Crippen molar-refractivity contribution in [3.05, 3.63) is 15.6 Å². The Balaban J connectivity index is 3.04. The van der Waals surface area contributed by atoms with Crippen molar-refractivity contribution in [2.24, 2.45) is 11.7 Å². The predicted molar refractivity (Wildman–Crippen MR) is 70.5 cm³/mol. The van der Waals surface area contributed by atoms with E-state index in [1.807, 2.05) is 13.8 Å². The van der Waals surface area contributed by atoms with Crippen molar-refractivity contribution in [3.8, 4) is 0 Å². The summed E-state index contributed by atoms with van der Waals surface area (Å²) in [5.41, 5.74) is 6.37. The summed E-state index contributed by atoms with van der Waals surface area (Å²) >= 11 is 1.41. The van der Waals surface area contributed by atoms with Crippen LogP contribution in [0.4, 0.5) is 0 Å². The lowest BCUT2D eigenvalue weighted by Crippen LogP contribution is -2.17. The van der Waals surface area contributed by atoms with E-state index in [0.29, 0.717) is 18.9 Å². The molecule has 0 aliphatic carbocycles. The molecule has 1 aromatic heterocycles. The minimum absolute atomic E-state index is 0.172. The molecular formula is C12H20N2O3S. The average Bonchev–Trinajstić information content (AvgIpc) is 2.72. The number of carbonyl (C=O) groups is 1. The first-order chi connectivity index (χ1) is 8.51. The highest BCUT2D eigenvalue weighted by Gasteiger charge is 2.23. The van der Waals surface area contributed by atoms with Gasteiger partial charge in [0.1, 0.15) is 5.01 Å². The van der Waals surface area contributed by atoms with Crippen LogP contribution >= 0.6 is 11.3 Å². The molecule has 0 aliphatic heterocycles. The summed E-state index contributed by atoms with van der Waals surface area (Å²) in [7, 11) is 1.58. The van der Waals surface area contributed by atoms with Gasteiger partial charge in [-0.2, -0.15) is 0 Å². The van der Waals surface area contributed by atoms with Gasteiger partial charge >= 0.3 is 5.97 Å². The highest BCUT2D eigenvalue weighted by atomic mass is 32.1. The van der Waals surface area contributed by atoms with Gasteiger partial charge in [-0.1, -0.05) is 13.8 Å². The van der Waals surface area contributed by atoms with Gasteiger partial charge < -0.3 is 15.2 Å². The summed E-state index contributed by atoms with van der Waals surface area (Å²) < 4.78 is 10.0. The van der Waals surface area contributed by atoms with E-state index < -0.39 is 5.97 Å². The molecule has 0 fully saturated rings. The molecule has 1 aromatic rings. The van der Waals surface area contributed by atoms with Gasteiger partial charge in [0.2, 0.25) is 0 Å². The van der Waals surface area contributed by atoms with E-state index in [2.05, 4.69) is 4.98 Å². The zero-order valence-electron chi connectivity index (χ0n) is 11.2. The second kappa shape index (κ2) is 6.82. The van der Waals surface area contributed by atoms with Crippen LogP contribution in [0.1, 0.15) is 47.2 Å². The zero-order valence-corrected chi connectivity index (χ0v) is 12.0. The van der Waals surface area contributed by atoms with Gasteiger partial charge in [0.05, 0.1) is 24.1 Å². The number of carbonyl (C=O) groups excluding carboxylic acids is 1. The monoisotopic (exact) mass is 272 g/mol. The number of aromatic nitrogens is 1. The summed E-state index contributed by atoms with van der Waals surface area (Å²) in [5.74, 6) is -0.149. The van der Waals surface area contributed by atoms with Gasteiger partial charge in [-0.15, -0.1) is 11.3 Å². The Morgan fingerprint density at radius 2 is 2.17 bits per heavy atom. The minimum Gasteiger partial charge on any atom is -0.461 e. The molecule has 0 amide bonds. The Kier molecular flexibility index (Phi) is 5.71. The van der Waals surface area contributed by atoms with Gasteiger partial charge in [-0.25, -0.2) is 9.78 Å². The van der Waals surface area contributed by atoms with E-state index in [9.17, 15) is 4.79 Å². The molecule has 0 saturated carbocycles. The van der Waals surface area contributed by atoms with E-state index >= 15 is 0 Å². The Bertz CT molecular complexity index is 404.